The maximum atomic E-state index is 14.3. The fraction of sp³-hybridized carbons (Fsp3) is 0.441. The Bertz CT molecular complexity index is 1160. The van der Waals surface area contributed by atoms with Crippen LogP contribution < -0.4 is 0 Å². The van der Waals surface area contributed by atoms with Gasteiger partial charge in [0.15, 0.2) is 0 Å². The van der Waals surface area contributed by atoms with Crippen LogP contribution in [0.2, 0.25) is 0 Å². The average molecular weight is 567 g/mol. The lowest BCUT2D eigenvalue weighted by Crippen LogP contribution is -2.28. The number of carbonyl (C=O) groups excluding carboxylic acids is 3. The molecule has 0 bridgehead atoms. The fourth-order valence-corrected chi connectivity index (χ4v) is 4.83. The monoisotopic (exact) mass is 566 g/mol. The maximum absolute atomic E-state index is 14.3. The van der Waals surface area contributed by atoms with Crippen LogP contribution in [-0.2, 0) is 37.1 Å². The second kappa shape index (κ2) is 16.7. The molecule has 2 aromatic rings. The quantitative estimate of drug-likeness (QED) is 0.0854. The lowest BCUT2D eigenvalue weighted by atomic mass is 9.90. The summed E-state index contributed by atoms with van der Waals surface area (Å²) in [5, 5.41) is 0. The van der Waals surface area contributed by atoms with Crippen LogP contribution in [-0.4, -0.2) is 29.6 Å². The van der Waals surface area contributed by atoms with Gasteiger partial charge in [0.2, 0.25) is 5.78 Å². The van der Waals surface area contributed by atoms with E-state index in [4.69, 9.17) is 9.47 Å². The number of Topliss-reactive ketones (excluding diaryl/α,β-unsaturated/α-hetero) is 1. The van der Waals surface area contributed by atoms with E-state index in [1.54, 1.807) is 6.92 Å². The molecule has 1 fully saturated rings. The molecule has 0 unspecified atom stereocenters. The number of unbranched alkanes of at least 4 members (excludes halogenated alkanes) is 2. The van der Waals surface area contributed by atoms with Crippen LogP contribution in [0.1, 0.15) is 69.4 Å². The summed E-state index contributed by atoms with van der Waals surface area (Å²) in [7, 11) is 0. The molecule has 2 aromatic carbocycles. The average Bonchev–Trinajstić information content (AvgIpc) is 3.28. The SMILES string of the molecule is CCCCC(F)(F)C(=O)C=C[C@@H]1[C@H](OCc2ccccc2)CC(=O)[C@@H]1CC=CCCCC(=O)OCc1ccccc1. The third-order valence-corrected chi connectivity index (χ3v) is 7.24. The predicted octanol–water partition coefficient (Wildman–Crippen LogP) is 7.59. The molecular formula is C34H40F2O5. The second-order valence-corrected chi connectivity index (χ2v) is 10.5. The van der Waals surface area contributed by atoms with Crippen LogP contribution in [0.25, 0.3) is 0 Å². The van der Waals surface area contributed by atoms with Gasteiger partial charge in [-0.15, -0.1) is 0 Å². The van der Waals surface area contributed by atoms with Gasteiger partial charge in [-0.25, -0.2) is 0 Å². The first-order valence-corrected chi connectivity index (χ1v) is 14.4. The third kappa shape index (κ3) is 10.8. The molecule has 0 saturated heterocycles. The van der Waals surface area contributed by atoms with Gasteiger partial charge in [0.1, 0.15) is 12.4 Å². The number of rotatable bonds is 17. The summed E-state index contributed by atoms with van der Waals surface area (Å²) in [5.41, 5.74) is 1.87. The Hall–Kier alpha value is -3.45. The van der Waals surface area contributed by atoms with Crippen molar-refractivity contribution >= 4 is 17.5 Å². The summed E-state index contributed by atoms with van der Waals surface area (Å²) in [5.74, 6) is -5.91. The minimum Gasteiger partial charge on any atom is -0.461 e. The zero-order valence-electron chi connectivity index (χ0n) is 23.7. The number of hydrogen-bond acceptors (Lipinski definition) is 5. The van der Waals surface area contributed by atoms with Crippen LogP contribution >= 0.6 is 0 Å². The summed E-state index contributed by atoms with van der Waals surface area (Å²) >= 11 is 0. The molecule has 41 heavy (non-hydrogen) atoms. The molecule has 1 aliphatic carbocycles. The van der Waals surface area contributed by atoms with E-state index < -0.39 is 36.1 Å². The number of hydrogen-bond donors (Lipinski definition) is 0. The Labute approximate surface area is 241 Å². The van der Waals surface area contributed by atoms with Crippen LogP contribution in [0.15, 0.2) is 85.0 Å². The number of alkyl halides is 2. The topological polar surface area (TPSA) is 69.7 Å². The van der Waals surface area contributed by atoms with Crippen molar-refractivity contribution in [1.82, 2.24) is 0 Å². The van der Waals surface area contributed by atoms with Crippen molar-refractivity contribution in [3.05, 3.63) is 96.1 Å². The van der Waals surface area contributed by atoms with E-state index in [1.807, 2.05) is 72.8 Å². The molecule has 0 amide bonds. The van der Waals surface area contributed by atoms with E-state index in [9.17, 15) is 23.2 Å². The number of esters is 1. The Morgan fingerprint density at radius 2 is 1.61 bits per heavy atom. The first kappa shape index (κ1) is 32.1. The van der Waals surface area contributed by atoms with Gasteiger partial charge in [0.05, 0.1) is 12.7 Å². The number of ether oxygens (including phenoxy) is 2. The molecular weight excluding hydrogens is 526 g/mol. The van der Waals surface area contributed by atoms with E-state index in [0.29, 0.717) is 25.7 Å². The largest absolute Gasteiger partial charge is 0.461 e. The molecule has 1 saturated carbocycles. The molecule has 3 rings (SSSR count). The van der Waals surface area contributed by atoms with E-state index in [2.05, 4.69) is 0 Å². The minimum atomic E-state index is -3.42. The zero-order chi connectivity index (χ0) is 29.5. The molecule has 5 nitrogen and oxygen atoms in total. The zero-order valence-corrected chi connectivity index (χ0v) is 23.7. The number of ketones is 2. The Morgan fingerprint density at radius 3 is 2.27 bits per heavy atom. The standard InChI is InChI=1S/C34H40F2O5/c1-2-3-22-34(35,36)32(38)21-20-29-28(30(37)23-31(29)40-24-26-14-8-6-9-15-26)18-12-4-5-13-19-33(39)41-25-27-16-10-7-11-17-27/h4,6-12,14-17,20-21,28-29,31H,2-3,5,13,18-19,22-25H2,1H3/t28-,29+,31-/m1/s1. The Kier molecular flexibility index (Phi) is 13.1. The van der Waals surface area contributed by atoms with Gasteiger partial charge in [-0.05, 0) is 42.9 Å². The Morgan fingerprint density at radius 1 is 0.951 bits per heavy atom. The number of halogens is 2. The van der Waals surface area contributed by atoms with E-state index in [0.717, 1.165) is 17.2 Å². The fourth-order valence-electron chi connectivity index (χ4n) is 4.83. The van der Waals surface area contributed by atoms with E-state index >= 15 is 0 Å². The van der Waals surface area contributed by atoms with Crippen molar-refractivity contribution in [3.63, 3.8) is 0 Å². The van der Waals surface area contributed by atoms with Crippen LogP contribution in [0.3, 0.4) is 0 Å². The first-order valence-electron chi connectivity index (χ1n) is 14.4. The number of allylic oxidation sites excluding steroid dienone is 3. The van der Waals surface area contributed by atoms with Crippen molar-refractivity contribution in [3.8, 4) is 0 Å². The molecule has 220 valence electrons. The molecule has 0 N–H and O–H groups in total. The van der Waals surface area contributed by atoms with Gasteiger partial charge in [-0.3, -0.25) is 14.4 Å². The van der Waals surface area contributed by atoms with Crippen molar-refractivity contribution in [2.45, 2.75) is 83.5 Å². The summed E-state index contributed by atoms with van der Waals surface area (Å²) in [6.07, 6.45) is 8.12. The van der Waals surface area contributed by atoms with E-state index in [-0.39, 0.29) is 44.2 Å². The molecule has 0 aromatic heterocycles. The highest BCUT2D eigenvalue weighted by Gasteiger charge is 2.42. The van der Waals surface area contributed by atoms with Gasteiger partial charge in [0, 0.05) is 31.1 Å². The summed E-state index contributed by atoms with van der Waals surface area (Å²) in [6, 6.07) is 19.0. The Balaban J connectivity index is 1.55. The summed E-state index contributed by atoms with van der Waals surface area (Å²) in [4.78, 5) is 37.3. The summed E-state index contributed by atoms with van der Waals surface area (Å²) < 4.78 is 39.9. The molecule has 1 aliphatic rings. The second-order valence-electron chi connectivity index (χ2n) is 10.5. The van der Waals surface area contributed by atoms with E-state index in [1.165, 1.54) is 6.08 Å². The van der Waals surface area contributed by atoms with Gasteiger partial charge >= 0.3 is 11.9 Å². The third-order valence-electron chi connectivity index (χ3n) is 7.24. The first-order chi connectivity index (χ1) is 19.8. The molecule has 3 atom stereocenters. The van der Waals surface area contributed by atoms with Crippen LogP contribution in [0.4, 0.5) is 8.78 Å². The van der Waals surface area contributed by atoms with Crippen LogP contribution in [0, 0.1) is 11.8 Å². The normalized spacial score (nSPS) is 19.3. The van der Waals surface area contributed by atoms with Gasteiger partial charge in [-0.2, -0.15) is 8.78 Å². The van der Waals surface area contributed by atoms with Gasteiger partial charge in [-0.1, -0.05) is 92.2 Å². The van der Waals surface area contributed by atoms with Crippen molar-refractivity contribution in [2.24, 2.45) is 11.8 Å². The minimum absolute atomic E-state index is 0.0166. The van der Waals surface area contributed by atoms with Crippen molar-refractivity contribution in [1.29, 1.82) is 0 Å². The predicted molar refractivity (Wildman–Crippen MR) is 154 cm³/mol. The van der Waals surface area contributed by atoms with Gasteiger partial charge in [0.25, 0.3) is 0 Å². The maximum Gasteiger partial charge on any atom is 0.309 e. The molecule has 0 radical (unpaired) electrons. The molecule has 0 aliphatic heterocycles. The molecule has 0 spiro atoms. The van der Waals surface area contributed by atoms with Crippen molar-refractivity contribution in [2.75, 3.05) is 0 Å². The number of carbonyl (C=O) groups is 3. The molecule has 0 heterocycles. The smallest absolute Gasteiger partial charge is 0.309 e. The van der Waals surface area contributed by atoms with Crippen molar-refractivity contribution < 1.29 is 32.6 Å². The highest BCUT2D eigenvalue weighted by atomic mass is 19.3. The molecule has 7 heteroatoms. The lowest BCUT2D eigenvalue weighted by Gasteiger charge is -2.21. The highest BCUT2D eigenvalue weighted by Crippen LogP contribution is 2.36. The summed E-state index contributed by atoms with van der Waals surface area (Å²) in [6.45, 7) is 2.33. The van der Waals surface area contributed by atoms with Gasteiger partial charge < -0.3 is 9.47 Å². The number of benzene rings is 2. The lowest BCUT2D eigenvalue weighted by molar-refractivity contribution is -0.145. The van der Waals surface area contributed by atoms with Crippen LogP contribution in [0.5, 0.6) is 0 Å². The highest BCUT2D eigenvalue weighted by molar-refractivity contribution is 5.96.